The number of aryl methyl sites for hydroxylation is 3. The van der Waals surface area contributed by atoms with Crippen LogP contribution in [0.1, 0.15) is 18.5 Å². The van der Waals surface area contributed by atoms with E-state index in [0.29, 0.717) is 11.3 Å². The van der Waals surface area contributed by atoms with Crippen molar-refractivity contribution < 1.29 is 23.7 Å². The fourth-order valence-corrected chi connectivity index (χ4v) is 2.89. The van der Waals surface area contributed by atoms with Gasteiger partial charge in [0.15, 0.2) is 12.2 Å². The Hall–Kier alpha value is -3.96. The van der Waals surface area contributed by atoms with Gasteiger partial charge in [0.25, 0.3) is 11.6 Å². The van der Waals surface area contributed by atoms with Crippen LogP contribution >= 0.6 is 0 Å². The van der Waals surface area contributed by atoms with Gasteiger partial charge in [0.05, 0.1) is 22.2 Å². The Morgan fingerprint density at radius 1 is 1.33 bits per heavy atom. The van der Waals surface area contributed by atoms with Gasteiger partial charge in [0.1, 0.15) is 5.82 Å². The van der Waals surface area contributed by atoms with E-state index in [1.807, 2.05) is 0 Å². The summed E-state index contributed by atoms with van der Waals surface area (Å²) in [5.74, 6) is -1.28. The number of rotatable bonds is 8. The number of carbonyl (C=O) groups excluding carboxylic acids is 2. The molecule has 0 spiro atoms. The average molecular weight is 417 g/mol. The maximum atomic E-state index is 12.0. The number of nitro benzene ring substituents is 1. The third kappa shape index (κ3) is 4.71. The Morgan fingerprint density at radius 2 is 2.10 bits per heavy atom. The zero-order valence-electron chi connectivity index (χ0n) is 16.3. The number of aromatic nitrogens is 3. The number of nitrogens with one attached hydrogen (secondary N) is 1. The van der Waals surface area contributed by atoms with Gasteiger partial charge in [0.2, 0.25) is 0 Å². The molecule has 2 aromatic heterocycles. The summed E-state index contributed by atoms with van der Waals surface area (Å²) >= 11 is 0. The number of nitrogens with zero attached hydrogens (tertiary/aromatic N) is 4. The molecule has 2 heterocycles. The number of nitro groups is 1. The molecule has 12 nitrogen and oxygen atoms in total. The van der Waals surface area contributed by atoms with Gasteiger partial charge in [-0.3, -0.25) is 29.0 Å². The first kappa shape index (κ1) is 20.8. The van der Waals surface area contributed by atoms with Gasteiger partial charge in [0, 0.05) is 32.1 Å². The lowest BCUT2D eigenvalue weighted by Gasteiger charge is -2.07. The monoisotopic (exact) mass is 417 g/mol. The first-order valence-electron chi connectivity index (χ1n) is 8.98. The highest BCUT2D eigenvalue weighted by atomic mass is 16.6. The van der Waals surface area contributed by atoms with Crippen LogP contribution in [0.15, 0.2) is 33.5 Å². The van der Waals surface area contributed by atoms with Crippen molar-refractivity contribution >= 4 is 34.5 Å². The molecule has 0 saturated heterocycles. The Labute approximate surface area is 169 Å². The molecule has 1 aromatic carbocycles. The molecular formula is C18H19N5O7. The van der Waals surface area contributed by atoms with Crippen LogP contribution in [0.25, 0.3) is 11.1 Å². The van der Waals surface area contributed by atoms with Crippen LogP contribution in [0.3, 0.4) is 0 Å². The molecule has 12 heteroatoms. The molecule has 1 amide bonds. The summed E-state index contributed by atoms with van der Waals surface area (Å²) in [4.78, 5) is 45.9. The zero-order chi connectivity index (χ0) is 21.8. The maximum Gasteiger partial charge on any atom is 0.419 e. The molecule has 1 N–H and O–H groups in total. The van der Waals surface area contributed by atoms with Crippen LogP contribution in [0.5, 0.6) is 0 Å². The zero-order valence-corrected chi connectivity index (χ0v) is 16.3. The third-order valence-corrected chi connectivity index (χ3v) is 4.26. The summed E-state index contributed by atoms with van der Waals surface area (Å²) in [5, 5.41) is 17.5. The molecule has 0 atom stereocenters. The normalized spacial score (nSPS) is 10.9. The first-order valence-corrected chi connectivity index (χ1v) is 8.98. The highest BCUT2D eigenvalue weighted by molar-refractivity contribution is 5.92. The van der Waals surface area contributed by atoms with Crippen LogP contribution in [0, 0.1) is 17.0 Å². The van der Waals surface area contributed by atoms with Crippen molar-refractivity contribution in [2.45, 2.75) is 26.3 Å². The van der Waals surface area contributed by atoms with Crippen LogP contribution in [-0.2, 0) is 27.9 Å². The number of ether oxygens (including phenoxy) is 1. The minimum Gasteiger partial charge on any atom is -0.456 e. The topological polar surface area (TPSA) is 152 Å². The molecule has 158 valence electrons. The first-order chi connectivity index (χ1) is 14.2. The van der Waals surface area contributed by atoms with Gasteiger partial charge < -0.3 is 14.5 Å². The number of anilines is 1. The SMILES string of the molecule is Cc1cc(NC(=O)COC(=O)CCCn2c(=O)oc3cc([N+](=O)[O-])ccc32)n(C)n1. The smallest absolute Gasteiger partial charge is 0.419 e. The number of hydrogen-bond donors (Lipinski definition) is 1. The molecule has 0 saturated carbocycles. The van der Waals surface area contributed by atoms with Gasteiger partial charge in [-0.05, 0) is 19.4 Å². The van der Waals surface area contributed by atoms with Crippen LogP contribution in [-0.4, -0.2) is 37.8 Å². The number of esters is 1. The van der Waals surface area contributed by atoms with Crippen molar-refractivity contribution in [1.29, 1.82) is 0 Å². The van der Waals surface area contributed by atoms with E-state index in [0.717, 1.165) is 5.69 Å². The van der Waals surface area contributed by atoms with Gasteiger partial charge in [-0.1, -0.05) is 0 Å². The number of benzene rings is 1. The van der Waals surface area contributed by atoms with E-state index >= 15 is 0 Å². The molecular weight excluding hydrogens is 398 g/mol. The molecule has 30 heavy (non-hydrogen) atoms. The minimum atomic E-state index is -0.676. The summed E-state index contributed by atoms with van der Waals surface area (Å²) in [6, 6.07) is 5.54. The van der Waals surface area contributed by atoms with Gasteiger partial charge >= 0.3 is 11.7 Å². The van der Waals surface area contributed by atoms with Crippen LogP contribution < -0.4 is 11.1 Å². The highest BCUT2D eigenvalue weighted by Gasteiger charge is 2.15. The van der Waals surface area contributed by atoms with E-state index in [1.165, 1.54) is 27.4 Å². The summed E-state index contributed by atoms with van der Waals surface area (Å²) in [6.45, 7) is 1.49. The van der Waals surface area contributed by atoms with Crippen molar-refractivity contribution in [3.8, 4) is 0 Å². The predicted octanol–water partition coefficient (Wildman–Crippen LogP) is 1.51. The molecule has 0 aliphatic rings. The van der Waals surface area contributed by atoms with E-state index < -0.39 is 29.2 Å². The maximum absolute atomic E-state index is 12.0. The molecule has 0 bridgehead atoms. The number of oxazole rings is 1. The van der Waals surface area contributed by atoms with Crippen molar-refractivity contribution in [3.05, 3.63) is 50.6 Å². The Morgan fingerprint density at radius 3 is 2.77 bits per heavy atom. The van der Waals surface area contributed by atoms with Gasteiger partial charge in [-0.2, -0.15) is 5.10 Å². The molecule has 0 aliphatic heterocycles. The van der Waals surface area contributed by atoms with Crippen LogP contribution in [0.4, 0.5) is 11.5 Å². The fraction of sp³-hybridized carbons (Fsp3) is 0.333. The second-order valence-corrected chi connectivity index (χ2v) is 6.54. The Balaban J connectivity index is 1.49. The molecule has 0 aliphatic carbocycles. The molecule has 0 radical (unpaired) electrons. The van der Waals surface area contributed by atoms with Crippen molar-refractivity contribution in [1.82, 2.24) is 14.3 Å². The number of non-ortho nitro benzene ring substituents is 1. The number of hydrogen-bond acceptors (Lipinski definition) is 8. The van der Waals surface area contributed by atoms with Crippen molar-refractivity contribution in [2.75, 3.05) is 11.9 Å². The standard InChI is InChI=1S/C18H19N5O7/c1-11-8-15(21(2)20-11)19-16(24)10-29-17(25)4-3-7-22-13-6-5-12(23(27)28)9-14(13)30-18(22)26/h5-6,8-9H,3-4,7,10H2,1-2H3,(H,19,24). The van der Waals surface area contributed by atoms with Gasteiger partial charge in [-0.15, -0.1) is 0 Å². The molecule has 0 unspecified atom stereocenters. The van der Waals surface area contributed by atoms with E-state index in [2.05, 4.69) is 10.4 Å². The summed E-state index contributed by atoms with van der Waals surface area (Å²) in [5.41, 5.74) is 1.04. The number of carbonyl (C=O) groups is 2. The lowest BCUT2D eigenvalue weighted by molar-refractivity contribution is -0.384. The van der Waals surface area contributed by atoms with E-state index in [4.69, 9.17) is 9.15 Å². The predicted molar refractivity (Wildman–Crippen MR) is 104 cm³/mol. The summed E-state index contributed by atoms with van der Waals surface area (Å²) < 4.78 is 12.7. The van der Waals surface area contributed by atoms with Crippen molar-refractivity contribution in [3.63, 3.8) is 0 Å². The van der Waals surface area contributed by atoms with Gasteiger partial charge in [-0.25, -0.2) is 4.79 Å². The van der Waals surface area contributed by atoms with E-state index in [1.54, 1.807) is 20.0 Å². The second-order valence-electron chi connectivity index (χ2n) is 6.54. The summed E-state index contributed by atoms with van der Waals surface area (Å²) in [7, 11) is 1.67. The van der Waals surface area contributed by atoms with Crippen molar-refractivity contribution in [2.24, 2.45) is 7.05 Å². The third-order valence-electron chi connectivity index (χ3n) is 4.26. The number of fused-ring (bicyclic) bond motifs is 1. The lowest BCUT2D eigenvalue weighted by Crippen LogP contribution is -2.22. The molecule has 3 aromatic rings. The van der Waals surface area contributed by atoms with E-state index in [9.17, 15) is 24.5 Å². The average Bonchev–Trinajstić information content (AvgIpc) is 3.17. The Kier molecular flexibility index (Phi) is 5.95. The Bertz CT molecular complexity index is 1170. The minimum absolute atomic E-state index is 0.0236. The second kappa shape index (κ2) is 8.59. The van der Waals surface area contributed by atoms with Crippen LogP contribution in [0.2, 0.25) is 0 Å². The number of amides is 1. The highest BCUT2D eigenvalue weighted by Crippen LogP contribution is 2.20. The quantitative estimate of drug-likeness (QED) is 0.329. The summed E-state index contributed by atoms with van der Waals surface area (Å²) in [6.07, 6.45) is 0.233. The lowest BCUT2D eigenvalue weighted by atomic mass is 10.2. The fourth-order valence-electron chi connectivity index (χ4n) is 2.89. The largest absolute Gasteiger partial charge is 0.456 e. The molecule has 3 rings (SSSR count). The molecule has 0 fully saturated rings. The van der Waals surface area contributed by atoms with E-state index in [-0.39, 0.29) is 30.7 Å².